The van der Waals surface area contributed by atoms with Crippen molar-refractivity contribution in [1.82, 2.24) is 14.4 Å². The minimum atomic E-state index is -1.04. The van der Waals surface area contributed by atoms with Gasteiger partial charge in [0.1, 0.15) is 12.4 Å². The zero-order valence-electron chi connectivity index (χ0n) is 35.6. The number of aromatic nitrogens is 1. The first-order valence-corrected chi connectivity index (χ1v) is 22.1. The Morgan fingerprint density at radius 1 is 0.750 bits per heavy atom. The Balaban J connectivity index is 1.03. The number of benzene rings is 5. The standard InChI is InChI=1S/C52H50N4O8/c57-50(56-31-39-13-5-4-12-37(39)26-41(56)32-53-21-23-61-24-22-53)44-29-49-48(63-34-64-49)28-43(44)47-27-45(46-15-6-7-20-54(46)47)51(58)55(30-36-11-8-14-38(25-36)52(59)60)40-16-18-42(19-17-40)62-33-35-9-2-1-3-10-35/h1-5,8-14,16-19,25,27-29,41H,6-7,15,20-24,26,30-34H2,(H,59,60)/t41-/m1/s1. The average Bonchev–Trinajstić information content (AvgIpc) is 3.97. The van der Waals surface area contributed by atoms with E-state index in [1.54, 1.807) is 23.1 Å². The Morgan fingerprint density at radius 2 is 1.50 bits per heavy atom. The quantitative estimate of drug-likeness (QED) is 0.130. The Hall–Kier alpha value is -6.89. The topological polar surface area (TPSA) is 123 Å². The van der Waals surface area contributed by atoms with Gasteiger partial charge in [-0.15, -0.1) is 0 Å². The molecule has 0 bridgehead atoms. The Bertz CT molecular complexity index is 2690. The molecule has 1 saturated heterocycles. The molecule has 0 aliphatic carbocycles. The van der Waals surface area contributed by atoms with E-state index in [-0.39, 0.29) is 36.8 Å². The number of aromatic carboxylic acids is 1. The van der Waals surface area contributed by atoms with Crippen LogP contribution in [-0.2, 0) is 43.8 Å². The molecule has 64 heavy (non-hydrogen) atoms. The van der Waals surface area contributed by atoms with Gasteiger partial charge >= 0.3 is 5.97 Å². The van der Waals surface area contributed by atoms with Gasteiger partial charge < -0.3 is 38.4 Å². The fourth-order valence-electron chi connectivity index (χ4n) is 9.51. The van der Waals surface area contributed by atoms with Crippen molar-refractivity contribution in [2.45, 2.75) is 58.0 Å². The number of rotatable bonds is 12. The van der Waals surface area contributed by atoms with Crippen LogP contribution in [0.25, 0.3) is 11.3 Å². The molecule has 2 amide bonds. The van der Waals surface area contributed by atoms with E-state index in [0.29, 0.717) is 84.5 Å². The number of fused-ring (bicyclic) bond motifs is 3. The molecule has 0 saturated carbocycles. The maximum absolute atomic E-state index is 15.3. The number of anilines is 1. The van der Waals surface area contributed by atoms with E-state index >= 15 is 9.59 Å². The van der Waals surface area contributed by atoms with Crippen molar-refractivity contribution in [3.8, 4) is 28.5 Å². The molecule has 5 aromatic carbocycles. The maximum atomic E-state index is 15.3. The summed E-state index contributed by atoms with van der Waals surface area (Å²) in [4.78, 5) is 48.8. The lowest BCUT2D eigenvalue weighted by Crippen LogP contribution is -2.52. The Labute approximate surface area is 372 Å². The van der Waals surface area contributed by atoms with Crippen LogP contribution in [-0.4, -0.2) is 82.9 Å². The van der Waals surface area contributed by atoms with Gasteiger partial charge in [-0.1, -0.05) is 66.7 Å². The average molecular weight is 859 g/mol. The summed E-state index contributed by atoms with van der Waals surface area (Å²) in [6.07, 6.45) is 3.23. The van der Waals surface area contributed by atoms with Crippen LogP contribution in [0.2, 0.25) is 0 Å². The molecule has 1 N–H and O–H groups in total. The molecule has 0 unspecified atom stereocenters. The molecule has 6 aromatic rings. The van der Waals surface area contributed by atoms with Crippen molar-refractivity contribution < 1.29 is 38.4 Å². The van der Waals surface area contributed by atoms with Gasteiger partial charge in [-0.3, -0.25) is 14.5 Å². The minimum Gasteiger partial charge on any atom is -0.489 e. The number of carboxylic acid groups (broad SMARTS) is 1. The molecule has 12 nitrogen and oxygen atoms in total. The lowest BCUT2D eigenvalue weighted by Gasteiger charge is -2.40. The van der Waals surface area contributed by atoms with Gasteiger partial charge in [0.2, 0.25) is 6.79 Å². The molecule has 326 valence electrons. The number of hydrogen-bond donors (Lipinski definition) is 1. The highest BCUT2D eigenvalue weighted by atomic mass is 16.7. The van der Waals surface area contributed by atoms with Crippen LogP contribution in [0, 0.1) is 0 Å². The van der Waals surface area contributed by atoms with Crippen molar-refractivity contribution in [2.75, 3.05) is 44.5 Å². The largest absolute Gasteiger partial charge is 0.489 e. The predicted octanol–water partition coefficient (Wildman–Crippen LogP) is 8.24. The highest BCUT2D eigenvalue weighted by Gasteiger charge is 2.36. The SMILES string of the molecule is O=C(O)c1cccc(CN(C(=O)c2cc(-c3cc4c(cc3C(=O)N3Cc5ccccc5C[C@@H]3CN3CCOCC3)OCO4)n3c2CCCC3)c2ccc(OCc3ccccc3)cc2)c1. The monoisotopic (exact) mass is 858 g/mol. The van der Waals surface area contributed by atoms with Crippen LogP contribution in [0.3, 0.4) is 0 Å². The third-order valence-electron chi connectivity index (χ3n) is 12.8. The molecule has 4 aliphatic heterocycles. The highest BCUT2D eigenvalue weighted by molar-refractivity contribution is 6.09. The summed E-state index contributed by atoms with van der Waals surface area (Å²) >= 11 is 0. The van der Waals surface area contributed by atoms with E-state index in [0.717, 1.165) is 61.4 Å². The number of carboxylic acids is 1. The van der Waals surface area contributed by atoms with E-state index in [1.165, 1.54) is 5.56 Å². The summed E-state index contributed by atoms with van der Waals surface area (Å²) in [5.74, 6) is 0.343. The summed E-state index contributed by atoms with van der Waals surface area (Å²) in [5.41, 5.74) is 8.24. The summed E-state index contributed by atoms with van der Waals surface area (Å²) in [6.45, 7) is 5.42. The number of morpholine rings is 1. The number of carbonyl (C=O) groups excluding carboxylic acids is 2. The Morgan fingerprint density at radius 3 is 2.30 bits per heavy atom. The van der Waals surface area contributed by atoms with Gasteiger partial charge in [0, 0.05) is 61.4 Å². The smallest absolute Gasteiger partial charge is 0.335 e. The molecule has 12 heteroatoms. The first kappa shape index (κ1) is 41.1. The summed E-state index contributed by atoms with van der Waals surface area (Å²) in [6, 6.07) is 38.0. The molecule has 1 aromatic heterocycles. The molecular weight excluding hydrogens is 809 g/mol. The fraction of sp³-hybridized carbons (Fsp3) is 0.288. The van der Waals surface area contributed by atoms with Crippen molar-refractivity contribution in [1.29, 1.82) is 0 Å². The lowest BCUT2D eigenvalue weighted by atomic mass is 9.92. The number of nitrogens with zero attached hydrogens (tertiary/aromatic N) is 4. The Kier molecular flexibility index (Phi) is 11.6. The van der Waals surface area contributed by atoms with E-state index < -0.39 is 5.97 Å². The maximum Gasteiger partial charge on any atom is 0.335 e. The summed E-state index contributed by atoms with van der Waals surface area (Å²) in [7, 11) is 0. The van der Waals surface area contributed by atoms with Crippen LogP contribution >= 0.6 is 0 Å². The van der Waals surface area contributed by atoms with Crippen molar-refractivity contribution in [3.05, 3.63) is 166 Å². The van der Waals surface area contributed by atoms with E-state index in [1.807, 2.05) is 89.8 Å². The van der Waals surface area contributed by atoms with Crippen LogP contribution in [0.4, 0.5) is 5.69 Å². The molecule has 1 fully saturated rings. The second kappa shape index (κ2) is 18.1. The van der Waals surface area contributed by atoms with Crippen LogP contribution in [0.1, 0.15) is 71.9 Å². The van der Waals surface area contributed by atoms with E-state index in [9.17, 15) is 9.90 Å². The zero-order chi connectivity index (χ0) is 43.6. The summed E-state index contributed by atoms with van der Waals surface area (Å²) in [5, 5.41) is 9.84. The molecule has 10 rings (SSSR count). The third kappa shape index (κ3) is 8.46. The van der Waals surface area contributed by atoms with Gasteiger partial charge in [0.25, 0.3) is 11.8 Å². The van der Waals surface area contributed by atoms with Crippen LogP contribution < -0.4 is 19.1 Å². The number of hydrogen-bond acceptors (Lipinski definition) is 8. The molecule has 0 spiro atoms. The molecule has 4 aliphatic rings. The van der Waals surface area contributed by atoms with E-state index in [4.69, 9.17) is 18.9 Å². The highest BCUT2D eigenvalue weighted by Crippen LogP contribution is 2.42. The predicted molar refractivity (Wildman–Crippen MR) is 241 cm³/mol. The molecule has 0 radical (unpaired) electrons. The van der Waals surface area contributed by atoms with E-state index in [2.05, 4.69) is 27.7 Å². The van der Waals surface area contributed by atoms with Gasteiger partial charge in [-0.05, 0) is 103 Å². The minimum absolute atomic E-state index is 0.0489. The normalized spacial score (nSPS) is 16.8. The zero-order valence-corrected chi connectivity index (χ0v) is 35.6. The fourth-order valence-corrected chi connectivity index (χ4v) is 9.51. The lowest BCUT2D eigenvalue weighted by molar-refractivity contribution is 0.0193. The van der Waals surface area contributed by atoms with Crippen LogP contribution in [0.5, 0.6) is 17.2 Å². The van der Waals surface area contributed by atoms with Crippen LogP contribution in [0.15, 0.2) is 121 Å². The number of amides is 2. The van der Waals surface area contributed by atoms with Gasteiger partial charge in [-0.2, -0.15) is 0 Å². The first-order chi connectivity index (χ1) is 31.4. The third-order valence-corrected chi connectivity index (χ3v) is 12.8. The first-order valence-electron chi connectivity index (χ1n) is 22.1. The number of carbonyl (C=O) groups is 3. The second-order valence-electron chi connectivity index (χ2n) is 16.9. The number of ether oxygens (including phenoxy) is 4. The summed E-state index contributed by atoms with van der Waals surface area (Å²) < 4.78 is 25.8. The van der Waals surface area contributed by atoms with Crippen molar-refractivity contribution in [3.63, 3.8) is 0 Å². The van der Waals surface area contributed by atoms with Gasteiger partial charge in [0.05, 0.1) is 36.4 Å². The molecule has 1 atom stereocenters. The van der Waals surface area contributed by atoms with Crippen molar-refractivity contribution in [2.24, 2.45) is 0 Å². The molecule has 5 heterocycles. The molecular formula is C52H50N4O8. The van der Waals surface area contributed by atoms with Crippen molar-refractivity contribution >= 4 is 23.5 Å². The van der Waals surface area contributed by atoms with Gasteiger partial charge in [0.15, 0.2) is 11.5 Å². The second-order valence-corrected chi connectivity index (χ2v) is 16.9. The van der Waals surface area contributed by atoms with Gasteiger partial charge in [-0.25, -0.2) is 4.79 Å².